The Hall–Kier alpha value is -1.39. The lowest BCUT2D eigenvalue weighted by atomic mass is 10.1. The van der Waals surface area contributed by atoms with Crippen LogP contribution in [0.4, 0.5) is 5.69 Å². The number of benzene rings is 1. The number of carbonyl (C=O) groups is 1. The minimum atomic E-state index is 0.129. The van der Waals surface area contributed by atoms with E-state index in [2.05, 4.69) is 0 Å². The summed E-state index contributed by atoms with van der Waals surface area (Å²) in [7, 11) is 1.66. The van der Waals surface area contributed by atoms with Crippen molar-refractivity contribution in [3.8, 4) is 0 Å². The van der Waals surface area contributed by atoms with Gasteiger partial charge >= 0.3 is 0 Å². The van der Waals surface area contributed by atoms with E-state index in [4.69, 9.17) is 10.5 Å². The molecule has 1 aromatic carbocycles. The molecule has 1 amide bonds. The van der Waals surface area contributed by atoms with Crippen molar-refractivity contribution < 1.29 is 9.53 Å². The minimum Gasteiger partial charge on any atom is -0.384 e. The van der Waals surface area contributed by atoms with Crippen molar-refractivity contribution in [2.24, 2.45) is 11.7 Å². The predicted octanol–water partition coefficient (Wildman–Crippen LogP) is 2.04. The lowest BCUT2D eigenvalue weighted by molar-refractivity contribution is -0.119. The Balaban J connectivity index is 2.71. The van der Waals surface area contributed by atoms with E-state index in [1.807, 2.05) is 42.2 Å². The molecule has 1 atom stereocenters. The summed E-state index contributed by atoms with van der Waals surface area (Å²) >= 11 is 0. The molecule has 106 valence electrons. The molecule has 1 rings (SSSR count). The molecule has 4 heteroatoms. The second-order valence-corrected chi connectivity index (χ2v) is 4.79. The third kappa shape index (κ3) is 5.41. The number of amides is 1. The third-order valence-corrected chi connectivity index (χ3v) is 2.93. The van der Waals surface area contributed by atoms with Gasteiger partial charge in [0.2, 0.25) is 5.91 Å². The fourth-order valence-electron chi connectivity index (χ4n) is 2.01. The maximum atomic E-state index is 12.4. The van der Waals surface area contributed by atoms with Crippen LogP contribution in [0.3, 0.4) is 0 Å². The van der Waals surface area contributed by atoms with Gasteiger partial charge < -0.3 is 15.4 Å². The largest absolute Gasteiger partial charge is 0.384 e. The molecule has 0 radical (unpaired) electrons. The molecular formula is C15H24N2O2. The summed E-state index contributed by atoms with van der Waals surface area (Å²) in [5.41, 5.74) is 6.48. The van der Waals surface area contributed by atoms with Crippen molar-refractivity contribution in [1.29, 1.82) is 0 Å². The Morgan fingerprint density at radius 1 is 1.37 bits per heavy atom. The first-order valence-corrected chi connectivity index (χ1v) is 6.73. The van der Waals surface area contributed by atoms with Crippen molar-refractivity contribution in [1.82, 2.24) is 0 Å². The first kappa shape index (κ1) is 15.7. The number of ether oxygens (including phenoxy) is 1. The fourth-order valence-corrected chi connectivity index (χ4v) is 2.01. The standard InChI is InChI=1S/C15H24N2O2/c1-13(12-19-2)11-15(18)17(10-6-9-16)14-7-4-3-5-8-14/h3-5,7-8,13H,6,9-12,16H2,1-2H3. The Morgan fingerprint density at radius 3 is 2.63 bits per heavy atom. The SMILES string of the molecule is COCC(C)CC(=O)N(CCCN)c1ccccc1. The molecule has 2 N–H and O–H groups in total. The highest BCUT2D eigenvalue weighted by Gasteiger charge is 2.17. The molecule has 0 saturated carbocycles. The second-order valence-electron chi connectivity index (χ2n) is 4.79. The number of rotatable bonds is 8. The van der Waals surface area contributed by atoms with Gasteiger partial charge in [0, 0.05) is 32.4 Å². The van der Waals surface area contributed by atoms with Crippen LogP contribution in [0.5, 0.6) is 0 Å². The highest BCUT2D eigenvalue weighted by Crippen LogP contribution is 2.17. The minimum absolute atomic E-state index is 0.129. The molecule has 4 nitrogen and oxygen atoms in total. The Kier molecular flexibility index (Phi) is 7.15. The van der Waals surface area contributed by atoms with E-state index in [1.165, 1.54) is 0 Å². The zero-order valence-electron chi connectivity index (χ0n) is 11.8. The lowest BCUT2D eigenvalue weighted by Gasteiger charge is -2.24. The number of carbonyl (C=O) groups excluding carboxylic acids is 1. The summed E-state index contributed by atoms with van der Waals surface area (Å²) in [6.07, 6.45) is 1.30. The van der Waals surface area contributed by atoms with E-state index >= 15 is 0 Å². The van der Waals surface area contributed by atoms with E-state index in [-0.39, 0.29) is 11.8 Å². The molecule has 0 saturated heterocycles. The molecular weight excluding hydrogens is 240 g/mol. The smallest absolute Gasteiger partial charge is 0.227 e. The zero-order chi connectivity index (χ0) is 14.1. The van der Waals surface area contributed by atoms with Crippen LogP contribution in [0.1, 0.15) is 19.8 Å². The van der Waals surface area contributed by atoms with Gasteiger partial charge in [-0.3, -0.25) is 4.79 Å². The molecule has 0 aromatic heterocycles. The molecule has 0 aliphatic rings. The molecule has 0 heterocycles. The topological polar surface area (TPSA) is 55.6 Å². The van der Waals surface area contributed by atoms with Crippen molar-refractivity contribution in [2.45, 2.75) is 19.8 Å². The highest BCUT2D eigenvalue weighted by molar-refractivity contribution is 5.93. The third-order valence-electron chi connectivity index (χ3n) is 2.93. The highest BCUT2D eigenvalue weighted by atomic mass is 16.5. The number of hydrogen-bond acceptors (Lipinski definition) is 3. The summed E-state index contributed by atoms with van der Waals surface area (Å²) in [6, 6.07) is 9.74. The molecule has 1 aromatic rings. The van der Waals surface area contributed by atoms with E-state index in [0.29, 0.717) is 26.1 Å². The monoisotopic (exact) mass is 264 g/mol. The predicted molar refractivity (Wildman–Crippen MR) is 78.1 cm³/mol. The van der Waals surface area contributed by atoms with Gasteiger partial charge in [0.05, 0.1) is 0 Å². The fraction of sp³-hybridized carbons (Fsp3) is 0.533. The van der Waals surface area contributed by atoms with Gasteiger partial charge in [0.25, 0.3) is 0 Å². The Labute approximate surface area is 115 Å². The molecule has 0 spiro atoms. The summed E-state index contributed by atoms with van der Waals surface area (Å²) in [4.78, 5) is 14.2. The van der Waals surface area contributed by atoms with Crippen LogP contribution >= 0.6 is 0 Å². The molecule has 0 fully saturated rings. The number of para-hydroxylation sites is 1. The first-order chi connectivity index (χ1) is 9.19. The molecule has 0 aliphatic heterocycles. The van der Waals surface area contributed by atoms with Crippen LogP contribution in [0.2, 0.25) is 0 Å². The van der Waals surface area contributed by atoms with Crippen molar-refractivity contribution in [2.75, 3.05) is 31.7 Å². The normalized spacial score (nSPS) is 12.2. The second kappa shape index (κ2) is 8.67. The molecule has 1 unspecified atom stereocenters. The van der Waals surface area contributed by atoms with Crippen LogP contribution in [0.25, 0.3) is 0 Å². The van der Waals surface area contributed by atoms with Crippen LogP contribution in [-0.4, -0.2) is 32.7 Å². The van der Waals surface area contributed by atoms with Crippen LogP contribution in [-0.2, 0) is 9.53 Å². The molecule has 0 aliphatic carbocycles. The maximum Gasteiger partial charge on any atom is 0.227 e. The quantitative estimate of drug-likeness (QED) is 0.781. The number of methoxy groups -OCH3 is 1. The van der Waals surface area contributed by atoms with Gasteiger partial charge in [-0.1, -0.05) is 25.1 Å². The number of hydrogen-bond donors (Lipinski definition) is 1. The van der Waals surface area contributed by atoms with Crippen molar-refractivity contribution in [3.63, 3.8) is 0 Å². The van der Waals surface area contributed by atoms with E-state index in [9.17, 15) is 4.79 Å². The number of nitrogens with zero attached hydrogens (tertiary/aromatic N) is 1. The van der Waals surface area contributed by atoms with E-state index in [1.54, 1.807) is 7.11 Å². The van der Waals surface area contributed by atoms with Crippen molar-refractivity contribution >= 4 is 11.6 Å². The Bertz CT molecular complexity index is 368. The summed E-state index contributed by atoms with van der Waals surface area (Å²) < 4.78 is 5.08. The summed E-state index contributed by atoms with van der Waals surface area (Å²) in [6.45, 7) is 3.88. The number of nitrogens with two attached hydrogens (primary N) is 1. The van der Waals surface area contributed by atoms with Gasteiger partial charge in [-0.05, 0) is 31.0 Å². The van der Waals surface area contributed by atoms with Crippen LogP contribution in [0, 0.1) is 5.92 Å². The maximum absolute atomic E-state index is 12.4. The van der Waals surface area contributed by atoms with Gasteiger partial charge in [-0.2, -0.15) is 0 Å². The van der Waals surface area contributed by atoms with Gasteiger partial charge in [0.1, 0.15) is 0 Å². The molecule has 0 bridgehead atoms. The number of anilines is 1. The average molecular weight is 264 g/mol. The first-order valence-electron chi connectivity index (χ1n) is 6.73. The van der Waals surface area contributed by atoms with E-state index < -0.39 is 0 Å². The van der Waals surface area contributed by atoms with Gasteiger partial charge in [0.15, 0.2) is 0 Å². The Morgan fingerprint density at radius 2 is 2.05 bits per heavy atom. The van der Waals surface area contributed by atoms with Gasteiger partial charge in [-0.25, -0.2) is 0 Å². The van der Waals surface area contributed by atoms with Gasteiger partial charge in [-0.15, -0.1) is 0 Å². The average Bonchev–Trinajstić information content (AvgIpc) is 2.40. The molecule has 19 heavy (non-hydrogen) atoms. The van der Waals surface area contributed by atoms with Crippen LogP contribution in [0.15, 0.2) is 30.3 Å². The zero-order valence-corrected chi connectivity index (χ0v) is 11.8. The summed E-state index contributed by atoms with van der Waals surface area (Å²) in [5, 5.41) is 0. The van der Waals surface area contributed by atoms with Crippen molar-refractivity contribution in [3.05, 3.63) is 30.3 Å². The lowest BCUT2D eigenvalue weighted by Crippen LogP contribution is -2.34. The van der Waals surface area contributed by atoms with E-state index in [0.717, 1.165) is 12.1 Å². The summed E-state index contributed by atoms with van der Waals surface area (Å²) in [5.74, 6) is 0.353. The van der Waals surface area contributed by atoms with Crippen LogP contribution < -0.4 is 10.6 Å².